The van der Waals surface area contributed by atoms with E-state index in [9.17, 15) is 14.8 Å². The summed E-state index contributed by atoms with van der Waals surface area (Å²) in [5.41, 5.74) is 1.41. The largest absolute Gasteiger partial charge is 0.618 e. The number of carbonyl (C=O) groups excluding carboxylic acids is 2. The fraction of sp³-hybridized carbons (Fsp3) is 0.385. The van der Waals surface area contributed by atoms with Gasteiger partial charge >= 0.3 is 0 Å². The number of methoxy groups -OCH3 is 1. The highest BCUT2D eigenvalue weighted by molar-refractivity contribution is 6.33. The second kappa shape index (κ2) is 11.7. The molecule has 1 aliphatic carbocycles. The van der Waals surface area contributed by atoms with E-state index in [2.05, 4.69) is 15.8 Å². The molecular weight excluding hydrogens is 503 g/mol. The number of hydrogen-bond donors (Lipinski definition) is 2. The van der Waals surface area contributed by atoms with E-state index in [1.807, 2.05) is 0 Å². The van der Waals surface area contributed by atoms with Gasteiger partial charge in [0.25, 0.3) is 5.91 Å². The lowest BCUT2D eigenvalue weighted by atomic mass is 9.83. The van der Waals surface area contributed by atoms with Crippen molar-refractivity contribution < 1.29 is 28.0 Å². The summed E-state index contributed by atoms with van der Waals surface area (Å²) in [6.45, 7) is 1.64. The van der Waals surface area contributed by atoms with Gasteiger partial charge in [0.2, 0.25) is 5.91 Å². The molecule has 37 heavy (non-hydrogen) atoms. The summed E-state index contributed by atoms with van der Waals surface area (Å²) in [6, 6.07) is 4.72. The van der Waals surface area contributed by atoms with E-state index in [1.165, 1.54) is 43.8 Å². The van der Waals surface area contributed by atoms with Crippen LogP contribution in [0.2, 0.25) is 5.02 Å². The van der Waals surface area contributed by atoms with Gasteiger partial charge in [-0.25, -0.2) is 4.39 Å². The van der Waals surface area contributed by atoms with Crippen molar-refractivity contribution in [1.82, 2.24) is 10.5 Å². The monoisotopic (exact) mass is 530 g/mol. The number of hydrogen-bond acceptors (Lipinski definition) is 6. The van der Waals surface area contributed by atoms with E-state index in [4.69, 9.17) is 20.9 Å². The van der Waals surface area contributed by atoms with Gasteiger partial charge in [-0.15, -0.1) is 0 Å². The van der Waals surface area contributed by atoms with Crippen molar-refractivity contribution in [2.45, 2.75) is 51.7 Å². The van der Waals surface area contributed by atoms with Crippen molar-refractivity contribution in [2.24, 2.45) is 5.92 Å². The number of carbonyl (C=O) groups is 2. The summed E-state index contributed by atoms with van der Waals surface area (Å²) < 4.78 is 25.7. The van der Waals surface area contributed by atoms with E-state index in [0.29, 0.717) is 10.4 Å². The number of halogens is 2. The third-order valence-corrected chi connectivity index (χ3v) is 6.97. The van der Waals surface area contributed by atoms with Crippen molar-refractivity contribution in [1.29, 1.82) is 0 Å². The number of aromatic nitrogens is 2. The van der Waals surface area contributed by atoms with Crippen molar-refractivity contribution in [3.63, 3.8) is 0 Å². The number of benzene rings is 1. The molecule has 2 heterocycles. The predicted octanol–water partition coefficient (Wildman–Crippen LogP) is 4.54. The average Bonchev–Trinajstić information content (AvgIpc) is 3.35. The zero-order chi connectivity index (χ0) is 26.5. The number of ether oxygens (including phenoxy) is 1. The maximum atomic E-state index is 15.1. The molecule has 0 radical (unpaired) electrons. The van der Waals surface area contributed by atoms with E-state index in [0.717, 1.165) is 32.1 Å². The molecule has 1 saturated carbocycles. The number of nitrogens with zero attached hydrogens (tertiary/aromatic N) is 2. The van der Waals surface area contributed by atoms with Gasteiger partial charge in [-0.2, -0.15) is 4.73 Å². The molecule has 196 valence electrons. The Morgan fingerprint density at radius 2 is 2.05 bits per heavy atom. The second-order valence-corrected chi connectivity index (χ2v) is 9.50. The lowest BCUT2D eigenvalue weighted by Gasteiger charge is -2.30. The molecule has 9 nitrogen and oxygen atoms in total. The highest BCUT2D eigenvalue weighted by Crippen LogP contribution is 2.33. The zero-order valence-electron chi connectivity index (χ0n) is 20.6. The van der Waals surface area contributed by atoms with Gasteiger partial charge in [-0.3, -0.25) is 9.59 Å². The van der Waals surface area contributed by atoms with Crippen LogP contribution in [0.25, 0.3) is 11.1 Å². The molecule has 1 aliphatic rings. The Balaban J connectivity index is 1.56. The minimum absolute atomic E-state index is 0.0779. The van der Waals surface area contributed by atoms with Crippen LogP contribution < -0.4 is 15.4 Å². The van der Waals surface area contributed by atoms with Gasteiger partial charge in [-0.05, 0) is 37.0 Å². The second-order valence-electron chi connectivity index (χ2n) is 9.09. The van der Waals surface area contributed by atoms with Crippen LogP contribution in [0.5, 0.6) is 0 Å². The van der Waals surface area contributed by atoms with Gasteiger partial charge in [0, 0.05) is 31.4 Å². The van der Waals surface area contributed by atoms with Crippen LogP contribution in [-0.2, 0) is 16.1 Å². The van der Waals surface area contributed by atoms with E-state index in [-0.39, 0.29) is 45.6 Å². The van der Waals surface area contributed by atoms with Crippen LogP contribution in [0.15, 0.2) is 41.2 Å². The first-order valence-electron chi connectivity index (χ1n) is 12.0. The zero-order valence-corrected chi connectivity index (χ0v) is 21.3. The molecule has 4 rings (SSSR count). The van der Waals surface area contributed by atoms with E-state index < -0.39 is 23.7 Å². The summed E-state index contributed by atoms with van der Waals surface area (Å²) in [4.78, 5) is 26.4. The first-order chi connectivity index (χ1) is 17.8. The maximum absolute atomic E-state index is 15.1. The molecule has 2 amide bonds. The lowest BCUT2D eigenvalue weighted by molar-refractivity contribution is -0.611. The van der Waals surface area contributed by atoms with Gasteiger partial charge in [0.15, 0.2) is 11.9 Å². The number of anilines is 1. The molecular formula is C26H28ClFN4O5. The van der Waals surface area contributed by atoms with Crippen LogP contribution in [0.1, 0.15) is 53.8 Å². The van der Waals surface area contributed by atoms with E-state index in [1.54, 1.807) is 6.92 Å². The van der Waals surface area contributed by atoms with Crippen molar-refractivity contribution >= 4 is 29.1 Å². The Bertz CT molecular complexity index is 1290. The standard InChI is InChI=1S/C26H28ClFN4O5/c1-15-23(20(27)10-11-32(15)35)18-9-8-17(12-21(18)28)29-26(34)24(16-6-4-3-5-7-16)30-25(33)19-13-37-31-22(19)14-36-2/h8-13,16,24H,3-7,14H2,1-2H3,(H,29,34)(H,30,33). The molecule has 1 atom stereocenters. The molecule has 1 unspecified atom stereocenters. The first-order valence-corrected chi connectivity index (χ1v) is 12.4. The molecule has 0 saturated heterocycles. The normalized spacial score (nSPS) is 14.8. The van der Waals surface area contributed by atoms with Gasteiger partial charge in [-0.1, -0.05) is 36.0 Å². The number of rotatable bonds is 8. The number of nitrogens with one attached hydrogen (secondary N) is 2. The van der Waals surface area contributed by atoms with Crippen LogP contribution in [0.3, 0.4) is 0 Å². The van der Waals surface area contributed by atoms with Crippen molar-refractivity contribution in [3.8, 4) is 11.1 Å². The molecule has 2 N–H and O–H groups in total. The Kier molecular flexibility index (Phi) is 8.40. The van der Waals surface area contributed by atoms with Crippen molar-refractivity contribution in [3.05, 3.63) is 69.7 Å². The minimum atomic E-state index is -0.842. The Morgan fingerprint density at radius 3 is 2.76 bits per heavy atom. The molecule has 0 aliphatic heterocycles. The fourth-order valence-corrected chi connectivity index (χ4v) is 5.01. The molecule has 3 aromatic rings. The smallest absolute Gasteiger partial charge is 0.257 e. The average molecular weight is 531 g/mol. The minimum Gasteiger partial charge on any atom is -0.618 e. The third-order valence-electron chi connectivity index (χ3n) is 6.65. The SMILES string of the molecule is COCc1nocc1C(=O)NC(C(=O)Nc1ccc(-c2c(Cl)cc[n+]([O-])c2C)c(F)c1)C1CCCCC1. The molecule has 0 bridgehead atoms. The van der Waals surface area contributed by atoms with Crippen LogP contribution in [0.4, 0.5) is 10.1 Å². The van der Waals surface area contributed by atoms with Crippen LogP contribution in [-0.4, -0.2) is 30.1 Å². The Labute approximate surface area is 218 Å². The van der Waals surface area contributed by atoms with Crippen molar-refractivity contribution in [2.75, 3.05) is 12.4 Å². The highest BCUT2D eigenvalue weighted by atomic mass is 35.5. The summed E-state index contributed by atoms with van der Waals surface area (Å²) in [5, 5.41) is 21.6. The third kappa shape index (κ3) is 5.91. The topological polar surface area (TPSA) is 120 Å². The maximum Gasteiger partial charge on any atom is 0.257 e. The van der Waals surface area contributed by atoms with Gasteiger partial charge in [0.05, 0.1) is 17.2 Å². The molecule has 2 aromatic heterocycles. The number of pyridine rings is 1. The molecule has 0 spiro atoms. The first kappa shape index (κ1) is 26.6. The van der Waals surface area contributed by atoms with Crippen LogP contribution >= 0.6 is 11.6 Å². The Hall–Kier alpha value is -3.50. The van der Waals surface area contributed by atoms with Gasteiger partial charge < -0.3 is 25.1 Å². The fourth-order valence-electron chi connectivity index (χ4n) is 4.72. The summed E-state index contributed by atoms with van der Waals surface area (Å²) >= 11 is 6.23. The predicted molar refractivity (Wildman–Crippen MR) is 134 cm³/mol. The summed E-state index contributed by atoms with van der Waals surface area (Å²) in [5.74, 6) is -1.68. The summed E-state index contributed by atoms with van der Waals surface area (Å²) in [6.07, 6.45) is 7.00. The van der Waals surface area contributed by atoms with Crippen LogP contribution in [0, 0.1) is 23.9 Å². The lowest BCUT2D eigenvalue weighted by Crippen LogP contribution is -2.49. The molecule has 1 fully saturated rings. The van der Waals surface area contributed by atoms with E-state index >= 15 is 4.39 Å². The Morgan fingerprint density at radius 1 is 1.30 bits per heavy atom. The summed E-state index contributed by atoms with van der Waals surface area (Å²) in [7, 11) is 1.48. The molecule has 11 heteroatoms. The highest BCUT2D eigenvalue weighted by Gasteiger charge is 2.32. The van der Waals surface area contributed by atoms with Gasteiger partial charge in [0.1, 0.15) is 29.4 Å². The molecule has 1 aromatic carbocycles. The number of amides is 2. The quantitative estimate of drug-likeness (QED) is 0.326.